The van der Waals surface area contributed by atoms with E-state index >= 15 is 0 Å². The van der Waals surface area contributed by atoms with Crippen molar-refractivity contribution in [3.8, 4) is 0 Å². The molecule has 0 fully saturated rings. The Bertz CT molecular complexity index is 466. The van der Waals surface area contributed by atoms with Crippen molar-refractivity contribution in [3.05, 3.63) is 11.4 Å². The van der Waals surface area contributed by atoms with Gasteiger partial charge in [0.15, 0.2) is 0 Å². The van der Waals surface area contributed by atoms with E-state index in [4.69, 9.17) is 10.6 Å². The number of aromatic nitrogens is 2. The number of nitrogens with one attached hydrogen (secondary N) is 2. The van der Waals surface area contributed by atoms with Crippen LogP contribution in [0.3, 0.4) is 0 Å². The van der Waals surface area contributed by atoms with Gasteiger partial charge in [-0.1, -0.05) is 0 Å². The van der Waals surface area contributed by atoms with E-state index in [2.05, 4.69) is 20.7 Å². The van der Waals surface area contributed by atoms with Crippen LogP contribution in [0.4, 0.5) is 11.6 Å². The molecule has 0 radical (unpaired) electrons. The van der Waals surface area contributed by atoms with Gasteiger partial charge in [-0.3, -0.25) is 4.79 Å². The minimum atomic E-state index is -0.0949. The second kappa shape index (κ2) is 7.61. The van der Waals surface area contributed by atoms with E-state index in [9.17, 15) is 4.79 Å². The van der Waals surface area contributed by atoms with E-state index in [0.29, 0.717) is 30.6 Å². The molecule has 8 heteroatoms. The van der Waals surface area contributed by atoms with Crippen LogP contribution in [0, 0.1) is 13.8 Å². The Morgan fingerprint density at radius 1 is 1.40 bits per heavy atom. The monoisotopic (exact) mass is 282 g/mol. The molecule has 0 spiro atoms. The Morgan fingerprint density at radius 3 is 2.70 bits per heavy atom. The summed E-state index contributed by atoms with van der Waals surface area (Å²) in [7, 11) is 3.39. The van der Waals surface area contributed by atoms with Gasteiger partial charge in [-0.05, 0) is 13.8 Å². The summed E-state index contributed by atoms with van der Waals surface area (Å²) in [6, 6.07) is 0. The van der Waals surface area contributed by atoms with Gasteiger partial charge < -0.3 is 20.4 Å². The fourth-order valence-electron chi connectivity index (χ4n) is 1.76. The lowest BCUT2D eigenvalue weighted by atomic mass is 10.3. The normalized spacial score (nSPS) is 10.2. The highest BCUT2D eigenvalue weighted by Crippen LogP contribution is 2.21. The standard InChI is InChI=1S/C12H22N6O2/c1-8-11(17-13)15-9(2)16-12(8)18(3)7-10(19)14-5-6-20-4/h5-7,13H2,1-4H3,(H,14,19)(H,15,16,17). The van der Waals surface area contributed by atoms with Gasteiger partial charge in [0.2, 0.25) is 5.91 Å². The number of ether oxygens (including phenoxy) is 1. The molecule has 0 unspecified atom stereocenters. The number of anilines is 2. The van der Waals surface area contributed by atoms with E-state index in [-0.39, 0.29) is 12.5 Å². The summed E-state index contributed by atoms with van der Waals surface area (Å²) >= 11 is 0. The Kier molecular flexibility index (Phi) is 6.13. The Balaban J connectivity index is 2.74. The van der Waals surface area contributed by atoms with Crippen LogP contribution in [0.5, 0.6) is 0 Å². The van der Waals surface area contributed by atoms with Crippen LogP contribution in [0.25, 0.3) is 0 Å². The number of nitrogen functional groups attached to an aromatic ring is 1. The van der Waals surface area contributed by atoms with Crippen molar-refractivity contribution < 1.29 is 9.53 Å². The number of nitrogens with zero attached hydrogens (tertiary/aromatic N) is 3. The summed E-state index contributed by atoms with van der Waals surface area (Å²) in [5.74, 6) is 7.14. The highest BCUT2D eigenvalue weighted by atomic mass is 16.5. The van der Waals surface area contributed by atoms with Gasteiger partial charge in [0, 0.05) is 26.3 Å². The lowest BCUT2D eigenvalue weighted by Gasteiger charge is -2.21. The van der Waals surface area contributed by atoms with Crippen LogP contribution in [-0.2, 0) is 9.53 Å². The fraction of sp³-hybridized carbons (Fsp3) is 0.583. The molecule has 8 nitrogen and oxygen atoms in total. The average Bonchev–Trinajstić information content (AvgIpc) is 2.41. The molecule has 1 aromatic rings. The lowest BCUT2D eigenvalue weighted by Crippen LogP contribution is -2.37. The lowest BCUT2D eigenvalue weighted by molar-refractivity contribution is -0.119. The number of nitrogens with two attached hydrogens (primary N) is 1. The maximum atomic E-state index is 11.8. The summed E-state index contributed by atoms with van der Waals surface area (Å²) in [6.07, 6.45) is 0. The van der Waals surface area contributed by atoms with Gasteiger partial charge in [-0.25, -0.2) is 15.8 Å². The maximum Gasteiger partial charge on any atom is 0.239 e. The van der Waals surface area contributed by atoms with E-state index in [1.165, 1.54) is 0 Å². The minimum Gasteiger partial charge on any atom is -0.383 e. The topological polar surface area (TPSA) is 105 Å². The SMILES string of the molecule is COCCNC(=O)CN(C)c1nc(C)nc(NN)c1C. The molecule has 0 aromatic carbocycles. The van der Waals surface area contributed by atoms with Crippen LogP contribution in [0.1, 0.15) is 11.4 Å². The van der Waals surface area contributed by atoms with E-state index in [1.54, 1.807) is 26.0 Å². The number of carbonyl (C=O) groups is 1. The first kappa shape index (κ1) is 16.1. The number of rotatable bonds is 7. The molecular weight excluding hydrogens is 260 g/mol. The number of aryl methyl sites for hydroxylation is 1. The van der Waals surface area contributed by atoms with Crippen LogP contribution in [-0.4, -0.2) is 49.7 Å². The third-order valence-corrected chi connectivity index (χ3v) is 2.74. The van der Waals surface area contributed by atoms with Gasteiger partial charge in [-0.2, -0.15) is 0 Å². The van der Waals surface area contributed by atoms with Crippen molar-refractivity contribution >= 4 is 17.5 Å². The zero-order chi connectivity index (χ0) is 15.1. The van der Waals surface area contributed by atoms with Crippen molar-refractivity contribution in [2.24, 2.45) is 5.84 Å². The summed E-state index contributed by atoms with van der Waals surface area (Å²) in [6.45, 7) is 4.80. The number of amides is 1. The van der Waals surface area contributed by atoms with Crippen molar-refractivity contribution in [1.82, 2.24) is 15.3 Å². The number of carbonyl (C=O) groups excluding carboxylic acids is 1. The smallest absolute Gasteiger partial charge is 0.239 e. The fourth-order valence-corrected chi connectivity index (χ4v) is 1.76. The Morgan fingerprint density at radius 2 is 2.10 bits per heavy atom. The molecule has 0 saturated heterocycles. The third kappa shape index (κ3) is 4.32. The minimum absolute atomic E-state index is 0.0949. The van der Waals surface area contributed by atoms with Gasteiger partial charge in [0.05, 0.1) is 13.2 Å². The second-order valence-electron chi connectivity index (χ2n) is 4.41. The highest BCUT2D eigenvalue weighted by Gasteiger charge is 2.14. The molecule has 1 rings (SSSR count). The first-order chi connectivity index (χ1) is 9.49. The summed E-state index contributed by atoms with van der Waals surface area (Å²) in [5.41, 5.74) is 3.33. The molecule has 1 aromatic heterocycles. The summed E-state index contributed by atoms with van der Waals surface area (Å²) in [4.78, 5) is 22.0. The number of hydrazine groups is 1. The number of likely N-dealkylation sites (N-methyl/N-ethyl adjacent to an activating group) is 1. The molecule has 1 heterocycles. The van der Waals surface area contributed by atoms with Crippen LogP contribution < -0.4 is 21.5 Å². The molecule has 0 bridgehead atoms. The first-order valence-corrected chi connectivity index (χ1v) is 6.28. The van der Waals surface area contributed by atoms with Gasteiger partial charge in [0.25, 0.3) is 0 Å². The predicted molar refractivity (Wildman–Crippen MR) is 77.5 cm³/mol. The zero-order valence-corrected chi connectivity index (χ0v) is 12.4. The number of hydrogen-bond acceptors (Lipinski definition) is 7. The summed E-state index contributed by atoms with van der Waals surface area (Å²) in [5, 5.41) is 2.76. The number of hydrogen-bond donors (Lipinski definition) is 3. The molecule has 0 atom stereocenters. The second-order valence-corrected chi connectivity index (χ2v) is 4.41. The van der Waals surface area contributed by atoms with E-state index < -0.39 is 0 Å². The van der Waals surface area contributed by atoms with Crippen LogP contribution in [0.2, 0.25) is 0 Å². The van der Waals surface area contributed by atoms with Gasteiger partial charge in [0.1, 0.15) is 17.5 Å². The average molecular weight is 282 g/mol. The largest absolute Gasteiger partial charge is 0.383 e. The Labute approximate surface area is 118 Å². The molecule has 4 N–H and O–H groups in total. The third-order valence-electron chi connectivity index (χ3n) is 2.74. The Hall–Kier alpha value is -1.93. The van der Waals surface area contributed by atoms with Crippen molar-refractivity contribution in [2.45, 2.75) is 13.8 Å². The highest BCUT2D eigenvalue weighted by molar-refractivity contribution is 5.81. The van der Waals surface area contributed by atoms with Crippen LogP contribution >= 0.6 is 0 Å². The molecule has 0 aliphatic carbocycles. The molecule has 0 aliphatic heterocycles. The van der Waals surface area contributed by atoms with E-state index in [1.807, 2.05) is 6.92 Å². The molecule has 1 amide bonds. The molecule has 0 saturated carbocycles. The first-order valence-electron chi connectivity index (χ1n) is 6.28. The van der Waals surface area contributed by atoms with Gasteiger partial charge >= 0.3 is 0 Å². The summed E-state index contributed by atoms with van der Waals surface area (Å²) < 4.78 is 4.88. The zero-order valence-electron chi connectivity index (χ0n) is 12.4. The number of methoxy groups -OCH3 is 1. The molecule has 112 valence electrons. The van der Waals surface area contributed by atoms with Gasteiger partial charge in [-0.15, -0.1) is 0 Å². The molecule has 20 heavy (non-hydrogen) atoms. The van der Waals surface area contributed by atoms with Crippen molar-refractivity contribution in [2.75, 3.05) is 44.2 Å². The van der Waals surface area contributed by atoms with Crippen molar-refractivity contribution in [1.29, 1.82) is 0 Å². The molecule has 0 aliphatic rings. The predicted octanol–water partition coefficient (Wildman–Crippen LogP) is -0.422. The van der Waals surface area contributed by atoms with Crippen molar-refractivity contribution in [3.63, 3.8) is 0 Å². The van der Waals surface area contributed by atoms with E-state index in [0.717, 1.165) is 5.56 Å². The van der Waals surface area contributed by atoms with Crippen LogP contribution in [0.15, 0.2) is 0 Å². The molecular formula is C12H22N6O2. The maximum absolute atomic E-state index is 11.8. The quantitative estimate of drug-likeness (QED) is 0.354.